The molecule has 1 aliphatic rings. The van der Waals surface area contributed by atoms with Crippen LogP contribution >= 0.6 is 0 Å². The normalized spacial score (nSPS) is 14.4. The van der Waals surface area contributed by atoms with Gasteiger partial charge in [0.25, 0.3) is 5.91 Å². The molecule has 0 unspecified atom stereocenters. The Hall–Kier alpha value is -3.43. The predicted molar refractivity (Wildman–Crippen MR) is 114 cm³/mol. The van der Waals surface area contributed by atoms with Gasteiger partial charge in [-0.05, 0) is 41.5 Å². The van der Waals surface area contributed by atoms with Crippen molar-refractivity contribution in [3.63, 3.8) is 0 Å². The summed E-state index contributed by atoms with van der Waals surface area (Å²) in [5, 5.41) is 13.1. The molecular formula is C22H25N3O6. The fourth-order valence-electron chi connectivity index (χ4n) is 3.02. The highest BCUT2D eigenvalue weighted by Crippen LogP contribution is 2.28. The van der Waals surface area contributed by atoms with Gasteiger partial charge in [-0.1, -0.05) is 12.1 Å². The van der Waals surface area contributed by atoms with Crippen molar-refractivity contribution in [3.8, 4) is 11.5 Å². The van der Waals surface area contributed by atoms with Gasteiger partial charge in [-0.25, -0.2) is 10.2 Å². The van der Waals surface area contributed by atoms with E-state index in [1.54, 1.807) is 36.4 Å². The second-order valence-corrected chi connectivity index (χ2v) is 6.89. The predicted octanol–water partition coefficient (Wildman–Crippen LogP) is 1.75. The molecule has 1 aliphatic heterocycles. The minimum Gasteiger partial charge on any atom is -0.493 e. The van der Waals surface area contributed by atoms with Gasteiger partial charge in [0, 0.05) is 13.1 Å². The molecule has 3 rings (SSSR count). The highest BCUT2D eigenvalue weighted by Gasteiger charge is 2.13. The number of carboxylic acid groups (broad SMARTS) is 1. The molecule has 1 fully saturated rings. The molecule has 0 spiro atoms. The van der Waals surface area contributed by atoms with Crippen molar-refractivity contribution >= 4 is 18.1 Å². The molecule has 2 aromatic rings. The summed E-state index contributed by atoms with van der Waals surface area (Å²) >= 11 is 0. The van der Waals surface area contributed by atoms with Crippen LogP contribution in [-0.2, 0) is 16.1 Å². The number of ether oxygens (including phenoxy) is 3. The summed E-state index contributed by atoms with van der Waals surface area (Å²) in [7, 11) is 1.53. The maximum absolute atomic E-state index is 12.0. The van der Waals surface area contributed by atoms with E-state index in [4.69, 9.17) is 19.3 Å². The number of nitrogens with zero attached hydrogens (tertiary/aromatic N) is 2. The van der Waals surface area contributed by atoms with Crippen LogP contribution in [0.1, 0.15) is 21.5 Å². The Labute approximate surface area is 180 Å². The average Bonchev–Trinajstić information content (AvgIpc) is 2.79. The summed E-state index contributed by atoms with van der Waals surface area (Å²) < 4.78 is 16.4. The Morgan fingerprint density at radius 2 is 2.00 bits per heavy atom. The van der Waals surface area contributed by atoms with Crippen LogP contribution in [0.3, 0.4) is 0 Å². The number of hydrazone groups is 1. The molecule has 0 atom stereocenters. The Morgan fingerprint density at radius 3 is 2.74 bits per heavy atom. The van der Waals surface area contributed by atoms with Crippen molar-refractivity contribution in [3.05, 3.63) is 59.2 Å². The van der Waals surface area contributed by atoms with Gasteiger partial charge in [-0.3, -0.25) is 9.69 Å². The first-order chi connectivity index (χ1) is 15.0. The van der Waals surface area contributed by atoms with Crippen LogP contribution in [0.2, 0.25) is 0 Å². The van der Waals surface area contributed by atoms with Crippen molar-refractivity contribution in [2.45, 2.75) is 6.61 Å². The molecule has 1 heterocycles. The summed E-state index contributed by atoms with van der Waals surface area (Å²) in [5.41, 5.74) is 4.18. The lowest BCUT2D eigenvalue weighted by Gasteiger charge is -2.25. The third-order valence-electron chi connectivity index (χ3n) is 4.63. The number of aromatic carboxylic acids is 1. The molecule has 2 aromatic carbocycles. The maximum atomic E-state index is 12.0. The molecule has 0 bridgehead atoms. The molecule has 1 amide bonds. The number of carbonyl (C=O) groups excluding carboxylic acids is 1. The second kappa shape index (κ2) is 11.1. The van der Waals surface area contributed by atoms with Crippen molar-refractivity contribution in [2.24, 2.45) is 5.10 Å². The third kappa shape index (κ3) is 6.80. The van der Waals surface area contributed by atoms with Gasteiger partial charge in [0.2, 0.25) is 0 Å². The van der Waals surface area contributed by atoms with Gasteiger partial charge >= 0.3 is 5.97 Å². The summed E-state index contributed by atoms with van der Waals surface area (Å²) in [4.78, 5) is 25.1. The lowest BCUT2D eigenvalue weighted by molar-refractivity contribution is -0.123. The zero-order valence-corrected chi connectivity index (χ0v) is 17.2. The van der Waals surface area contributed by atoms with Crippen LogP contribution in [0.4, 0.5) is 0 Å². The highest BCUT2D eigenvalue weighted by atomic mass is 16.5. The topological polar surface area (TPSA) is 110 Å². The first-order valence-electron chi connectivity index (χ1n) is 9.80. The van der Waals surface area contributed by atoms with Crippen LogP contribution in [0.25, 0.3) is 0 Å². The van der Waals surface area contributed by atoms with Gasteiger partial charge in [-0.15, -0.1) is 0 Å². The van der Waals surface area contributed by atoms with Crippen LogP contribution in [0.15, 0.2) is 47.6 Å². The van der Waals surface area contributed by atoms with E-state index in [0.29, 0.717) is 24.7 Å². The number of morpholine rings is 1. The molecule has 2 N–H and O–H groups in total. The number of hydrogen-bond donors (Lipinski definition) is 2. The molecule has 0 aromatic heterocycles. The standard InChI is InChI=1S/C22H25N3O6/c1-29-20-12-16(13-23-24-21(26)14-25-7-9-30-10-8-25)5-6-19(20)31-15-17-3-2-4-18(11-17)22(27)28/h2-6,11-13H,7-10,14-15H2,1H3,(H,24,26)(H,27,28)/b23-13-. The second-order valence-electron chi connectivity index (χ2n) is 6.89. The van der Waals surface area contributed by atoms with E-state index in [1.165, 1.54) is 19.4 Å². The largest absolute Gasteiger partial charge is 0.493 e. The summed E-state index contributed by atoms with van der Waals surface area (Å²) in [6, 6.07) is 11.8. The van der Waals surface area contributed by atoms with Crippen LogP contribution in [-0.4, -0.2) is 68.1 Å². The van der Waals surface area contributed by atoms with E-state index in [0.717, 1.165) is 24.2 Å². The Bertz CT molecular complexity index is 941. The molecule has 31 heavy (non-hydrogen) atoms. The van der Waals surface area contributed by atoms with Gasteiger partial charge in [0.15, 0.2) is 11.5 Å². The Balaban J connectivity index is 1.55. The third-order valence-corrected chi connectivity index (χ3v) is 4.63. The van der Waals surface area contributed by atoms with Crippen molar-refractivity contribution in [1.29, 1.82) is 0 Å². The molecular weight excluding hydrogens is 402 g/mol. The number of amides is 1. The van der Waals surface area contributed by atoms with Crippen molar-refractivity contribution in [2.75, 3.05) is 40.0 Å². The Kier molecular flexibility index (Phi) is 7.97. The fourth-order valence-corrected chi connectivity index (χ4v) is 3.02. The minimum atomic E-state index is -0.986. The molecule has 0 radical (unpaired) electrons. The summed E-state index contributed by atoms with van der Waals surface area (Å²) in [6.45, 7) is 3.21. The lowest BCUT2D eigenvalue weighted by atomic mass is 10.1. The summed E-state index contributed by atoms with van der Waals surface area (Å²) in [5.74, 6) is -0.163. The monoisotopic (exact) mass is 427 g/mol. The molecule has 0 aliphatic carbocycles. The van der Waals surface area contributed by atoms with Crippen molar-refractivity contribution < 1.29 is 28.9 Å². The average molecular weight is 427 g/mol. The molecule has 9 nitrogen and oxygen atoms in total. The van der Waals surface area contributed by atoms with Crippen LogP contribution in [0, 0.1) is 0 Å². The number of benzene rings is 2. The first-order valence-corrected chi connectivity index (χ1v) is 9.80. The number of methoxy groups -OCH3 is 1. The van der Waals surface area contributed by atoms with E-state index in [1.807, 2.05) is 4.90 Å². The van der Waals surface area contributed by atoms with Gasteiger partial charge in [0.1, 0.15) is 6.61 Å². The van der Waals surface area contributed by atoms with Crippen LogP contribution < -0.4 is 14.9 Å². The summed E-state index contributed by atoms with van der Waals surface area (Å²) in [6.07, 6.45) is 1.53. The number of carbonyl (C=O) groups is 2. The SMILES string of the molecule is COc1cc(/C=N\NC(=O)CN2CCOCC2)ccc1OCc1cccc(C(=O)O)c1. The minimum absolute atomic E-state index is 0.186. The molecule has 1 saturated heterocycles. The first kappa shape index (κ1) is 22.3. The zero-order valence-electron chi connectivity index (χ0n) is 17.2. The maximum Gasteiger partial charge on any atom is 0.335 e. The van der Waals surface area contributed by atoms with Gasteiger partial charge in [0.05, 0.1) is 38.6 Å². The van der Waals surface area contributed by atoms with E-state index in [-0.39, 0.29) is 24.6 Å². The highest BCUT2D eigenvalue weighted by molar-refractivity contribution is 5.87. The zero-order chi connectivity index (χ0) is 22.1. The molecule has 9 heteroatoms. The van der Waals surface area contributed by atoms with Gasteiger partial charge in [-0.2, -0.15) is 5.10 Å². The van der Waals surface area contributed by atoms with E-state index < -0.39 is 5.97 Å². The fraction of sp³-hybridized carbons (Fsp3) is 0.318. The Morgan fingerprint density at radius 1 is 1.19 bits per heavy atom. The van der Waals surface area contributed by atoms with Crippen molar-refractivity contribution in [1.82, 2.24) is 10.3 Å². The van der Waals surface area contributed by atoms with E-state index >= 15 is 0 Å². The lowest BCUT2D eigenvalue weighted by Crippen LogP contribution is -2.42. The number of nitrogens with one attached hydrogen (secondary N) is 1. The van der Waals surface area contributed by atoms with Crippen LogP contribution in [0.5, 0.6) is 11.5 Å². The number of carboxylic acids is 1. The van der Waals surface area contributed by atoms with Gasteiger partial charge < -0.3 is 19.3 Å². The number of rotatable bonds is 9. The molecule has 0 saturated carbocycles. The smallest absolute Gasteiger partial charge is 0.335 e. The quantitative estimate of drug-likeness (QED) is 0.463. The van der Waals surface area contributed by atoms with E-state index in [2.05, 4.69) is 10.5 Å². The molecule has 164 valence electrons. The van der Waals surface area contributed by atoms with E-state index in [9.17, 15) is 9.59 Å². The number of hydrogen-bond acceptors (Lipinski definition) is 7.